The molecule has 2 saturated heterocycles. The van der Waals surface area contributed by atoms with Gasteiger partial charge in [-0.1, -0.05) is 40.0 Å². The first-order valence-corrected chi connectivity index (χ1v) is 12.3. The Balaban J connectivity index is 1.61. The molecule has 0 aromatic heterocycles. The number of rotatable bonds is 6. The van der Waals surface area contributed by atoms with Gasteiger partial charge in [0.1, 0.15) is 11.6 Å². The number of amides is 3. The van der Waals surface area contributed by atoms with Crippen LogP contribution in [0.2, 0.25) is 0 Å². The van der Waals surface area contributed by atoms with E-state index in [1.165, 1.54) is 32.1 Å². The maximum Gasteiger partial charge on any atom is 0.318 e. The zero-order chi connectivity index (χ0) is 23.2. The van der Waals surface area contributed by atoms with Crippen LogP contribution in [0.4, 0.5) is 4.79 Å². The van der Waals surface area contributed by atoms with Crippen LogP contribution in [-0.2, 0) is 9.53 Å². The molecule has 3 aliphatic rings. The summed E-state index contributed by atoms with van der Waals surface area (Å²) in [5, 5.41) is 16.0. The van der Waals surface area contributed by atoms with Crippen molar-refractivity contribution in [3.8, 4) is 6.07 Å². The summed E-state index contributed by atoms with van der Waals surface area (Å²) in [5.74, 6) is 0.443. The number of nitriles is 1. The monoisotopic (exact) mass is 447 g/mol. The average molecular weight is 448 g/mol. The second-order valence-electron chi connectivity index (χ2n) is 11.0. The second kappa shape index (κ2) is 10.8. The topological polar surface area (TPSA) is 97.7 Å². The number of likely N-dealkylation sites (tertiary alicyclic amines) is 1. The minimum absolute atomic E-state index is 0.150. The molecule has 3 rings (SSSR count). The lowest BCUT2D eigenvalue weighted by Crippen LogP contribution is -2.59. The van der Waals surface area contributed by atoms with E-state index in [1.807, 2.05) is 0 Å². The highest BCUT2D eigenvalue weighted by Crippen LogP contribution is 2.28. The van der Waals surface area contributed by atoms with Gasteiger partial charge in [0.05, 0.1) is 19.3 Å². The van der Waals surface area contributed by atoms with E-state index >= 15 is 0 Å². The van der Waals surface area contributed by atoms with Crippen LogP contribution in [0.25, 0.3) is 0 Å². The minimum atomic E-state index is -0.883. The molecule has 2 aliphatic heterocycles. The fraction of sp³-hybridized carbons (Fsp3) is 0.875. The highest BCUT2D eigenvalue weighted by molar-refractivity contribution is 5.88. The van der Waals surface area contributed by atoms with Gasteiger partial charge in [-0.2, -0.15) is 5.26 Å². The van der Waals surface area contributed by atoms with Crippen LogP contribution in [0.1, 0.15) is 65.7 Å². The van der Waals surface area contributed by atoms with E-state index in [-0.39, 0.29) is 17.4 Å². The number of carbonyl (C=O) groups is 2. The number of nitrogens with zero attached hydrogens (tertiary/aromatic N) is 3. The Kier molecular flexibility index (Phi) is 8.40. The van der Waals surface area contributed by atoms with Crippen molar-refractivity contribution in [1.82, 2.24) is 20.4 Å². The van der Waals surface area contributed by atoms with Crippen LogP contribution in [0.5, 0.6) is 0 Å². The summed E-state index contributed by atoms with van der Waals surface area (Å²) >= 11 is 0. The van der Waals surface area contributed by atoms with E-state index in [4.69, 9.17) is 4.74 Å². The highest BCUT2D eigenvalue weighted by Gasteiger charge is 2.42. The number of morpholine rings is 1. The normalized spacial score (nSPS) is 26.4. The smallest absolute Gasteiger partial charge is 0.318 e. The standard InChI is InChI=1S/C24H41N5O3/c1-23(2,3)15-20(26-22(31)29-11-13-32-14-12-29)21(30)27-24(17-25)9-10-28(18-24)16-19-7-5-4-6-8-19/h19-20H,4-16,18H2,1-3H3,(H,26,31)(H,27,30). The average Bonchev–Trinajstić information content (AvgIpc) is 3.16. The Morgan fingerprint density at radius 1 is 1.16 bits per heavy atom. The van der Waals surface area contributed by atoms with Crippen molar-refractivity contribution < 1.29 is 14.3 Å². The van der Waals surface area contributed by atoms with Crippen molar-refractivity contribution >= 4 is 11.9 Å². The molecule has 8 nitrogen and oxygen atoms in total. The van der Waals surface area contributed by atoms with E-state index in [2.05, 4.69) is 42.4 Å². The van der Waals surface area contributed by atoms with E-state index in [0.29, 0.717) is 51.6 Å². The summed E-state index contributed by atoms with van der Waals surface area (Å²) in [7, 11) is 0. The summed E-state index contributed by atoms with van der Waals surface area (Å²) in [4.78, 5) is 30.1. The van der Waals surface area contributed by atoms with Gasteiger partial charge in [-0.3, -0.25) is 9.69 Å². The van der Waals surface area contributed by atoms with Crippen molar-refractivity contribution in [3.63, 3.8) is 0 Å². The summed E-state index contributed by atoms with van der Waals surface area (Å²) in [6, 6.07) is 1.48. The number of hydrogen-bond donors (Lipinski definition) is 2. The number of hydrogen-bond acceptors (Lipinski definition) is 5. The maximum absolute atomic E-state index is 13.3. The summed E-state index contributed by atoms with van der Waals surface area (Å²) in [6.07, 6.45) is 7.60. The Labute approximate surface area is 193 Å². The van der Waals surface area contributed by atoms with Gasteiger partial charge in [0.15, 0.2) is 0 Å². The molecule has 1 saturated carbocycles. The zero-order valence-corrected chi connectivity index (χ0v) is 20.1. The third-order valence-corrected chi connectivity index (χ3v) is 6.89. The predicted octanol–water partition coefficient (Wildman–Crippen LogP) is 2.50. The van der Waals surface area contributed by atoms with Gasteiger partial charge in [0.2, 0.25) is 5.91 Å². The van der Waals surface area contributed by atoms with Crippen molar-refractivity contribution in [3.05, 3.63) is 0 Å². The Morgan fingerprint density at radius 3 is 2.47 bits per heavy atom. The van der Waals surface area contributed by atoms with Crippen LogP contribution >= 0.6 is 0 Å². The highest BCUT2D eigenvalue weighted by atomic mass is 16.5. The fourth-order valence-electron chi connectivity index (χ4n) is 5.15. The molecule has 2 N–H and O–H groups in total. The zero-order valence-electron chi connectivity index (χ0n) is 20.1. The van der Waals surface area contributed by atoms with Crippen LogP contribution in [-0.4, -0.2) is 79.3 Å². The largest absolute Gasteiger partial charge is 0.378 e. The molecule has 2 heterocycles. The predicted molar refractivity (Wildman–Crippen MR) is 123 cm³/mol. The Hall–Kier alpha value is -1.85. The molecule has 0 spiro atoms. The molecule has 2 atom stereocenters. The van der Waals surface area contributed by atoms with E-state index in [1.54, 1.807) is 4.90 Å². The lowest BCUT2D eigenvalue weighted by Gasteiger charge is -2.33. The van der Waals surface area contributed by atoms with E-state index in [0.717, 1.165) is 13.1 Å². The summed E-state index contributed by atoms with van der Waals surface area (Å²) in [5.41, 5.74) is -1.03. The van der Waals surface area contributed by atoms with Gasteiger partial charge >= 0.3 is 6.03 Å². The van der Waals surface area contributed by atoms with Crippen LogP contribution in [0.3, 0.4) is 0 Å². The molecule has 0 radical (unpaired) electrons. The quantitative estimate of drug-likeness (QED) is 0.652. The van der Waals surface area contributed by atoms with Gasteiger partial charge in [-0.25, -0.2) is 4.79 Å². The second-order valence-corrected chi connectivity index (χ2v) is 11.0. The van der Waals surface area contributed by atoms with Gasteiger partial charge < -0.3 is 20.3 Å². The SMILES string of the molecule is CC(C)(C)CC(NC(=O)N1CCOCC1)C(=O)NC1(C#N)CCN(CC2CCCCC2)C1. The molecule has 180 valence electrons. The van der Waals surface area contributed by atoms with Crippen LogP contribution in [0.15, 0.2) is 0 Å². The fourth-order valence-corrected chi connectivity index (χ4v) is 5.15. The Morgan fingerprint density at radius 2 is 1.84 bits per heavy atom. The molecular formula is C24H41N5O3. The third-order valence-electron chi connectivity index (χ3n) is 6.89. The molecule has 32 heavy (non-hydrogen) atoms. The summed E-state index contributed by atoms with van der Waals surface area (Å²) < 4.78 is 5.32. The molecule has 3 fully saturated rings. The first-order valence-electron chi connectivity index (χ1n) is 12.3. The maximum atomic E-state index is 13.3. The van der Waals surface area contributed by atoms with Gasteiger partial charge in [0.25, 0.3) is 0 Å². The number of urea groups is 1. The van der Waals surface area contributed by atoms with Crippen LogP contribution in [0, 0.1) is 22.7 Å². The van der Waals surface area contributed by atoms with E-state index in [9.17, 15) is 14.9 Å². The number of ether oxygens (including phenoxy) is 1. The summed E-state index contributed by atoms with van der Waals surface area (Å²) in [6.45, 7) is 10.6. The third kappa shape index (κ3) is 7.08. The van der Waals surface area contributed by atoms with Crippen molar-refractivity contribution in [2.24, 2.45) is 11.3 Å². The molecule has 8 heteroatoms. The molecule has 0 aromatic rings. The lowest BCUT2D eigenvalue weighted by atomic mass is 9.87. The molecule has 2 unspecified atom stereocenters. The minimum Gasteiger partial charge on any atom is -0.378 e. The lowest BCUT2D eigenvalue weighted by molar-refractivity contribution is -0.125. The van der Waals surface area contributed by atoms with Crippen molar-refractivity contribution in [1.29, 1.82) is 5.26 Å². The first-order chi connectivity index (χ1) is 15.2. The first kappa shape index (κ1) is 24.8. The number of carbonyl (C=O) groups excluding carboxylic acids is 2. The van der Waals surface area contributed by atoms with E-state index < -0.39 is 11.6 Å². The van der Waals surface area contributed by atoms with Crippen molar-refractivity contribution in [2.75, 3.05) is 45.9 Å². The van der Waals surface area contributed by atoms with Gasteiger partial charge in [-0.15, -0.1) is 0 Å². The van der Waals surface area contributed by atoms with Crippen molar-refractivity contribution in [2.45, 2.75) is 77.3 Å². The molecule has 0 aromatic carbocycles. The molecule has 1 aliphatic carbocycles. The van der Waals surface area contributed by atoms with Gasteiger partial charge in [0, 0.05) is 32.7 Å². The van der Waals surface area contributed by atoms with Gasteiger partial charge in [-0.05, 0) is 37.0 Å². The molecule has 3 amide bonds. The molecular weight excluding hydrogens is 406 g/mol. The van der Waals surface area contributed by atoms with Crippen LogP contribution < -0.4 is 10.6 Å². The molecule has 0 bridgehead atoms. The number of nitrogens with one attached hydrogen (secondary N) is 2. The Bertz CT molecular complexity index is 689.